The highest BCUT2D eigenvalue weighted by Gasteiger charge is 2.14. The molecule has 1 N–H and O–H groups in total. The van der Waals surface area contributed by atoms with Crippen LogP contribution in [0, 0.1) is 13.8 Å². The maximum absolute atomic E-state index is 12.1. The summed E-state index contributed by atoms with van der Waals surface area (Å²) in [4.78, 5) is 0.230. The molecule has 0 aliphatic rings. The van der Waals surface area contributed by atoms with Gasteiger partial charge in [-0.05, 0) is 56.2 Å². The Morgan fingerprint density at radius 3 is 2.33 bits per heavy atom. The predicted molar refractivity (Wildman–Crippen MR) is 85.2 cm³/mol. The topological polar surface area (TPSA) is 51.1 Å². The van der Waals surface area contributed by atoms with E-state index in [4.69, 9.17) is 11.6 Å². The van der Waals surface area contributed by atoms with Gasteiger partial charge in [0.1, 0.15) is 0 Å². The van der Waals surface area contributed by atoms with Crippen molar-refractivity contribution in [2.45, 2.75) is 25.2 Å². The van der Waals surface area contributed by atoms with Crippen LogP contribution in [0.1, 0.15) is 17.0 Å². The van der Waals surface area contributed by atoms with E-state index in [1.54, 1.807) is 12.1 Å². The van der Waals surface area contributed by atoms with Crippen LogP contribution in [0.3, 0.4) is 0 Å². The van der Waals surface area contributed by atoms with Crippen molar-refractivity contribution in [2.75, 3.05) is 6.54 Å². The van der Waals surface area contributed by atoms with Gasteiger partial charge in [0.25, 0.3) is 0 Å². The number of hydrogen-bond acceptors (Lipinski definition) is 2. The molecule has 6 heteroatoms. The molecule has 1 heterocycles. The molecule has 0 unspecified atom stereocenters. The third-order valence-electron chi connectivity index (χ3n) is 3.69. The van der Waals surface area contributed by atoms with Gasteiger partial charge in [0.2, 0.25) is 10.0 Å². The fourth-order valence-corrected chi connectivity index (χ4v) is 3.36. The van der Waals surface area contributed by atoms with E-state index in [0.29, 0.717) is 18.0 Å². The minimum Gasteiger partial charge on any atom is -0.352 e. The molecule has 2 aromatic rings. The summed E-state index contributed by atoms with van der Waals surface area (Å²) in [6, 6.07) is 8.23. The van der Waals surface area contributed by atoms with Crippen molar-refractivity contribution < 1.29 is 8.42 Å². The van der Waals surface area contributed by atoms with Crippen LogP contribution in [-0.4, -0.2) is 19.5 Å². The number of nitrogens with zero attached hydrogens (tertiary/aromatic N) is 1. The largest absolute Gasteiger partial charge is 0.352 e. The van der Waals surface area contributed by atoms with Crippen molar-refractivity contribution in [1.82, 2.24) is 9.29 Å². The van der Waals surface area contributed by atoms with E-state index in [1.165, 1.54) is 17.8 Å². The van der Waals surface area contributed by atoms with Crippen molar-refractivity contribution in [2.24, 2.45) is 7.05 Å². The number of nitrogens with one attached hydrogen (secondary N) is 1. The van der Waals surface area contributed by atoms with E-state index < -0.39 is 10.0 Å². The SMILES string of the molecule is Cc1cc(CCNS(=O)(=O)c2ccc(Cl)cc2)c(C)n1C. The van der Waals surface area contributed by atoms with Crippen LogP contribution in [0.25, 0.3) is 0 Å². The van der Waals surface area contributed by atoms with Gasteiger partial charge in [-0.25, -0.2) is 13.1 Å². The highest BCUT2D eigenvalue weighted by atomic mass is 35.5. The van der Waals surface area contributed by atoms with Gasteiger partial charge in [-0.1, -0.05) is 11.6 Å². The van der Waals surface area contributed by atoms with Crippen LogP contribution < -0.4 is 4.72 Å². The van der Waals surface area contributed by atoms with E-state index >= 15 is 0 Å². The Hall–Kier alpha value is -1.30. The van der Waals surface area contributed by atoms with Crippen LogP contribution >= 0.6 is 11.6 Å². The van der Waals surface area contributed by atoms with Crippen molar-refractivity contribution in [3.05, 3.63) is 52.3 Å². The molecule has 2 rings (SSSR count). The van der Waals surface area contributed by atoms with Crippen molar-refractivity contribution >= 4 is 21.6 Å². The number of rotatable bonds is 5. The van der Waals surface area contributed by atoms with Crippen LogP contribution in [0.2, 0.25) is 5.02 Å². The fourth-order valence-electron chi connectivity index (χ4n) is 2.20. The summed E-state index contributed by atoms with van der Waals surface area (Å²) in [5, 5.41) is 0.518. The number of halogens is 1. The molecule has 0 spiro atoms. The van der Waals surface area contributed by atoms with E-state index in [-0.39, 0.29) is 4.90 Å². The van der Waals surface area contributed by atoms with Gasteiger partial charge in [0.15, 0.2) is 0 Å². The summed E-state index contributed by atoms with van der Waals surface area (Å²) in [6.07, 6.45) is 0.667. The molecule has 21 heavy (non-hydrogen) atoms. The first-order valence-electron chi connectivity index (χ1n) is 6.68. The average Bonchev–Trinajstić information content (AvgIpc) is 2.67. The molecule has 0 radical (unpaired) electrons. The molecular weight excluding hydrogens is 308 g/mol. The highest BCUT2D eigenvalue weighted by molar-refractivity contribution is 7.89. The molecule has 0 fully saturated rings. The molecule has 0 saturated carbocycles. The van der Waals surface area contributed by atoms with E-state index in [1.807, 2.05) is 20.9 Å². The van der Waals surface area contributed by atoms with Crippen molar-refractivity contribution in [3.8, 4) is 0 Å². The Kier molecular flexibility index (Phi) is 4.76. The Morgan fingerprint density at radius 2 is 1.81 bits per heavy atom. The number of aryl methyl sites for hydroxylation is 1. The molecule has 0 amide bonds. The number of sulfonamides is 1. The lowest BCUT2D eigenvalue weighted by Gasteiger charge is -2.07. The molecule has 4 nitrogen and oxygen atoms in total. The second-order valence-electron chi connectivity index (χ2n) is 5.06. The smallest absolute Gasteiger partial charge is 0.240 e. The first-order valence-corrected chi connectivity index (χ1v) is 8.54. The quantitative estimate of drug-likeness (QED) is 0.918. The molecule has 1 aromatic heterocycles. The van der Waals surface area contributed by atoms with Crippen LogP contribution in [0.15, 0.2) is 35.2 Å². The van der Waals surface area contributed by atoms with Gasteiger partial charge in [-0.3, -0.25) is 0 Å². The van der Waals surface area contributed by atoms with E-state index in [2.05, 4.69) is 15.4 Å². The zero-order chi connectivity index (χ0) is 15.6. The second kappa shape index (κ2) is 6.22. The predicted octanol–water partition coefficient (Wildman–Crippen LogP) is 2.82. The lowest BCUT2D eigenvalue weighted by Crippen LogP contribution is -2.26. The van der Waals surface area contributed by atoms with E-state index in [9.17, 15) is 8.42 Å². The molecule has 1 aromatic carbocycles. The van der Waals surface area contributed by atoms with Gasteiger partial charge in [-0.15, -0.1) is 0 Å². The van der Waals surface area contributed by atoms with Crippen molar-refractivity contribution in [3.63, 3.8) is 0 Å². The first kappa shape index (κ1) is 16.1. The van der Waals surface area contributed by atoms with Crippen LogP contribution in [-0.2, 0) is 23.5 Å². The van der Waals surface area contributed by atoms with Gasteiger partial charge in [0, 0.05) is 30.0 Å². The minimum atomic E-state index is -3.48. The van der Waals surface area contributed by atoms with Gasteiger partial charge in [-0.2, -0.15) is 0 Å². The van der Waals surface area contributed by atoms with Gasteiger partial charge >= 0.3 is 0 Å². The average molecular weight is 327 g/mol. The first-order chi connectivity index (χ1) is 9.81. The summed E-state index contributed by atoms with van der Waals surface area (Å²) in [5.41, 5.74) is 3.50. The normalized spacial score (nSPS) is 11.8. The highest BCUT2D eigenvalue weighted by Crippen LogP contribution is 2.15. The zero-order valence-corrected chi connectivity index (χ0v) is 13.9. The molecule has 114 valence electrons. The molecular formula is C15H19ClN2O2S. The Morgan fingerprint density at radius 1 is 1.19 bits per heavy atom. The summed E-state index contributed by atoms with van der Waals surface area (Å²) in [5.74, 6) is 0. The third kappa shape index (κ3) is 3.67. The maximum Gasteiger partial charge on any atom is 0.240 e. The monoisotopic (exact) mass is 326 g/mol. The fraction of sp³-hybridized carbons (Fsp3) is 0.333. The van der Waals surface area contributed by atoms with E-state index in [0.717, 1.165) is 11.3 Å². The molecule has 0 bridgehead atoms. The van der Waals surface area contributed by atoms with Crippen molar-refractivity contribution in [1.29, 1.82) is 0 Å². The lowest BCUT2D eigenvalue weighted by molar-refractivity contribution is 0.581. The molecule has 0 aliphatic carbocycles. The Bertz CT molecular complexity index is 734. The number of benzene rings is 1. The van der Waals surface area contributed by atoms with Gasteiger partial charge in [0.05, 0.1) is 4.90 Å². The lowest BCUT2D eigenvalue weighted by atomic mass is 10.2. The summed E-state index contributed by atoms with van der Waals surface area (Å²) >= 11 is 5.76. The summed E-state index contributed by atoms with van der Waals surface area (Å²) in [6.45, 7) is 4.44. The Labute approximate surface area is 130 Å². The standard InChI is InChI=1S/C15H19ClN2O2S/c1-11-10-13(12(2)18(11)3)8-9-17-21(19,20)15-6-4-14(16)5-7-15/h4-7,10,17H,8-9H2,1-3H3. The van der Waals surface area contributed by atoms with Gasteiger partial charge < -0.3 is 4.57 Å². The Balaban J connectivity index is 2.02. The molecule has 0 aliphatic heterocycles. The van der Waals surface area contributed by atoms with Crippen LogP contribution in [0.5, 0.6) is 0 Å². The molecule has 0 saturated heterocycles. The number of hydrogen-bond donors (Lipinski definition) is 1. The summed E-state index contributed by atoms with van der Waals surface area (Å²) < 4.78 is 29.0. The van der Waals surface area contributed by atoms with Crippen LogP contribution in [0.4, 0.5) is 0 Å². The maximum atomic E-state index is 12.1. The summed E-state index contributed by atoms with van der Waals surface area (Å²) in [7, 11) is -1.47. The second-order valence-corrected chi connectivity index (χ2v) is 7.26. The third-order valence-corrected chi connectivity index (χ3v) is 5.42. The molecule has 0 atom stereocenters. The number of aromatic nitrogens is 1. The minimum absolute atomic E-state index is 0.230. The zero-order valence-electron chi connectivity index (χ0n) is 12.4.